The maximum absolute atomic E-state index is 13.0. The van der Waals surface area contributed by atoms with Gasteiger partial charge in [-0.3, -0.25) is 4.79 Å². The zero-order valence-corrected chi connectivity index (χ0v) is 18.6. The van der Waals surface area contributed by atoms with Gasteiger partial charge in [-0.15, -0.1) is 5.10 Å². The fourth-order valence-electron chi connectivity index (χ4n) is 3.19. The summed E-state index contributed by atoms with van der Waals surface area (Å²) in [6.45, 7) is 4.04. The third-order valence-electron chi connectivity index (χ3n) is 4.67. The summed E-state index contributed by atoms with van der Waals surface area (Å²) in [7, 11) is 4.61. The summed E-state index contributed by atoms with van der Waals surface area (Å²) in [6, 6.07) is 11.0. The molecule has 0 spiro atoms. The van der Waals surface area contributed by atoms with Crippen LogP contribution in [0.25, 0.3) is 22.4 Å². The molecule has 4 aromatic rings. The molecule has 4 rings (SSSR count). The molecule has 0 radical (unpaired) electrons. The third-order valence-corrected chi connectivity index (χ3v) is 5.63. The second kappa shape index (κ2) is 9.11. The van der Waals surface area contributed by atoms with Crippen LogP contribution in [0.15, 0.2) is 53.8 Å². The normalized spacial score (nSPS) is 11.5. The lowest BCUT2D eigenvalue weighted by Crippen LogP contribution is -2.23. The van der Waals surface area contributed by atoms with Gasteiger partial charge in [0.25, 0.3) is 5.56 Å². The Hall–Kier alpha value is -3.85. The summed E-state index contributed by atoms with van der Waals surface area (Å²) in [5, 5.41) is 4.41. The van der Waals surface area contributed by atoms with Crippen molar-refractivity contribution in [3.8, 4) is 34.4 Å². The van der Waals surface area contributed by atoms with Gasteiger partial charge in [-0.05, 0) is 24.3 Å². The van der Waals surface area contributed by atoms with E-state index in [-0.39, 0.29) is 5.56 Å². The van der Waals surface area contributed by atoms with Crippen molar-refractivity contribution in [2.24, 2.45) is 0 Å². The molecular formula is C23H21N3O5S. The Labute approximate surface area is 188 Å². The van der Waals surface area contributed by atoms with Crippen LogP contribution >= 0.6 is 11.3 Å². The number of ether oxygens (including phenoxy) is 4. The van der Waals surface area contributed by atoms with Gasteiger partial charge in [0, 0.05) is 11.1 Å². The molecule has 2 aromatic carbocycles. The van der Waals surface area contributed by atoms with Crippen molar-refractivity contribution >= 4 is 22.4 Å². The molecule has 0 unspecified atom stereocenters. The molecule has 0 saturated carbocycles. The highest BCUT2D eigenvalue weighted by molar-refractivity contribution is 7.15. The number of rotatable bonds is 8. The summed E-state index contributed by atoms with van der Waals surface area (Å²) in [4.78, 5) is 18.0. The summed E-state index contributed by atoms with van der Waals surface area (Å²) in [6.07, 6.45) is 3.45. The lowest BCUT2D eigenvalue weighted by Gasteiger charge is -2.12. The van der Waals surface area contributed by atoms with Gasteiger partial charge >= 0.3 is 0 Å². The molecule has 2 heterocycles. The van der Waals surface area contributed by atoms with Crippen LogP contribution in [0.4, 0.5) is 0 Å². The molecule has 0 aliphatic rings. The first kappa shape index (κ1) is 21.4. The minimum Gasteiger partial charge on any atom is -0.493 e. The van der Waals surface area contributed by atoms with E-state index in [0.717, 1.165) is 5.56 Å². The van der Waals surface area contributed by atoms with E-state index in [9.17, 15) is 4.79 Å². The van der Waals surface area contributed by atoms with E-state index in [1.54, 1.807) is 24.3 Å². The molecule has 0 aliphatic carbocycles. The molecule has 0 atom stereocenters. The minimum absolute atomic E-state index is 0.255. The van der Waals surface area contributed by atoms with Gasteiger partial charge < -0.3 is 18.9 Å². The molecular weight excluding hydrogens is 430 g/mol. The van der Waals surface area contributed by atoms with Crippen molar-refractivity contribution in [3.05, 3.63) is 69.5 Å². The van der Waals surface area contributed by atoms with Crippen LogP contribution in [0, 0.1) is 0 Å². The van der Waals surface area contributed by atoms with Gasteiger partial charge in [0.15, 0.2) is 17.3 Å². The number of hydrogen-bond donors (Lipinski definition) is 0. The minimum atomic E-state index is -0.255. The molecule has 9 heteroatoms. The fourth-order valence-corrected chi connectivity index (χ4v) is 4.09. The number of thiazole rings is 1. The average molecular weight is 452 g/mol. The molecule has 2 aromatic heterocycles. The molecule has 0 amide bonds. The lowest BCUT2D eigenvalue weighted by molar-refractivity contribution is 0.324. The number of fused-ring (bicyclic) bond motifs is 1. The third kappa shape index (κ3) is 3.90. The number of nitrogens with zero attached hydrogens (tertiary/aromatic N) is 3. The number of hydrogen-bond acceptors (Lipinski definition) is 8. The molecule has 8 nitrogen and oxygen atoms in total. The van der Waals surface area contributed by atoms with Gasteiger partial charge in [-0.2, -0.15) is 9.50 Å². The highest BCUT2D eigenvalue weighted by atomic mass is 32.1. The fraction of sp³-hybridized carbons (Fsp3) is 0.174. The quantitative estimate of drug-likeness (QED) is 0.381. The molecule has 164 valence electrons. The zero-order valence-electron chi connectivity index (χ0n) is 17.8. The summed E-state index contributed by atoms with van der Waals surface area (Å²) >= 11 is 1.25. The largest absolute Gasteiger partial charge is 0.493 e. The van der Waals surface area contributed by atoms with Crippen molar-refractivity contribution in [2.45, 2.75) is 0 Å². The van der Waals surface area contributed by atoms with Crippen LogP contribution in [0.1, 0.15) is 5.56 Å². The standard InChI is InChI=1S/C23H21N3O5S/c1-5-10-31-16-9-7-6-8-14(16)13-19-22(27)26-23(32-19)24-21(25-26)15-11-17(28-2)20(30-4)18(12-15)29-3/h5-9,11-13H,1,10H2,2-4H3. The van der Waals surface area contributed by atoms with Crippen LogP contribution in [0.5, 0.6) is 23.0 Å². The highest BCUT2D eigenvalue weighted by Crippen LogP contribution is 2.40. The van der Waals surface area contributed by atoms with E-state index < -0.39 is 0 Å². The van der Waals surface area contributed by atoms with E-state index in [2.05, 4.69) is 16.7 Å². The second-order valence-electron chi connectivity index (χ2n) is 6.60. The maximum Gasteiger partial charge on any atom is 0.291 e. The maximum atomic E-state index is 13.0. The van der Waals surface area contributed by atoms with Crippen molar-refractivity contribution in [1.29, 1.82) is 0 Å². The van der Waals surface area contributed by atoms with Gasteiger partial charge in [0.2, 0.25) is 10.7 Å². The predicted molar refractivity (Wildman–Crippen MR) is 123 cm³/mol. The molecule has 32 heavy (non-hydrogen) atoms. The number of para-hydroxylation sites is 1. The lowest BCUT2D eigenvalue weighted by atomic mass is 10.1. The molecule has 0 bridgehead atoms. The van der Waals surface area contributed by atoms with Gasteiger partial charge in [-0.25, -0.2) is 0 Å². The summed E-state index contributed by atoms with van der Waals surface area (Å²) < 4.78 is 23.6. The zero-order chi connectivity index (χ0) is 22.7. The smallest absolute Gasteiger partial charge is 0.291 e. The van der Waals surface area contributed by atoms with Crippen molar-refractivity contribution < 1.29 is 18.9 Å². The predicted octanol–water partition coefficient (Wildman–Crippen LogP) is 2.96. The number of aromatic nitrogens is 3. The van der Waals surface area contributed by atoms with E-state index in [4.69, 9.17) is 18.9 Å². The Morgan fingerprint density at radius 2 is 1.78 bits per heavy atom. The molecule has 0 N–H and O–H groups in total. The summed E-state index contributed by atoms with van der Waals surface area (Å²) in [5.41, 5.74) is 1.18. The average Bonchev–Trinajstić information content (AvgIpc) is 3.36. The van der Waals surface area contributed by atoms with Crippen molar-refractivity contribution in [3.63, 3.8) is 0 Å². The molecule has 0 aliphatic heterocycles. The first-order valence-electron chi connectivity index (χ1n) is 9.64. The first-order chi connectivity index (χ1) is 15.6. The Kier molecular flexibility index (Phi) is 6.09. The summed E-state index contributed by atoms with van der Waals surface area (Å²) in [5.74, 6) is 2.48. The van der Waals surface area contributed by atoms with Crippen molar-refractivity contribution in [2.75, 3.05) is 27.9 Å². The van der Waals surface area contributed by atoms with Gasteiger partial charge in [0.1, 0.15) is 12.4 Å². The Morgan fingerprint density at radius 1 is 1.06 bits per heavy atom. The monoisotopic (exact) mass is 451 g/mol. The van der Waals surface area contributed by atoms with Gasteiger partial charge in [-0.1, -0.05) is 42.2 Å². The molecule has 0 saturated heterocycles. The SMILES string of the molecule is C=CCOc1ccccc1C=c1sc2nc(-c3cc(OC)c(OC)c(OC)c3)nn2c1=O. The van der Waals surface area contributed by atoms with Crippen LogP contribution in [0.2, 0.25) is 0 Å². The van der Waals surface area contributed by atoms with Crippen LogP contribution in [-0.4, -0.2) is 42.5 Å². The number of benzene rings is 2. The van der Waals surface area contributed by atoms with E-state index in [1.807, 2.05) is 24.3 Å². The van der Waals surface area contributed by atoms with E-state index in [0.29, 0.717) is 50.5 Å². The van der Waals surface area contributed by atoms with Crippen LogP contribution in [0.3, 0.4) is 0 Å². The van der Waals surface area contributed by atoms with Crippen LogP contribution in [-0.2, 0) is 0 Å². The van der Waals surface area contributed by atoms with Gasteiger partial charge in [0.05, 0.1) is 25.9 Å². The van der Waals surface area contributed by atoms with Crippen LogP contribution < -0.4 is 29.0 Å². The van der Waals surface area contributed by atoms with E-state index >= 15 is 0 Å². The first-order valence-corrected chi connectivity index (χ1v) is 10.5. The molecule has 0 fully saturated rings. The van der Waals surface area contributed by atoms with Crippen molar-refractivity contribution in [1.82, 2.24) is 14.6 Å². The number of methoxy groups -OCH3 is 3. The van der Waals surface area contributed by atoms with E-state index in [1.165, 1.54) is 37.2 Å². The topological polar surface area (TPSA) is 84.2 Å². The second-order valence-corrected chi connectivity index (χ2v) is 7.61. The Balaban J connectivity index is 1.78. The Morgan fingerprint density at radius 3 is 2.41 bits per heavy atom. The Bertz CT molecular complexity index is 1370. The highest BCUT2D eigenvalue weighted by Gasteiger charge is 2.18.